The lowest BCUT2D eigenvalue weighted by atomic mass is 9.65. The van der Waals surface area contributed by atoms with Gasteiger partial charge in [0, 0.05) is 31.6 Å². The second-order valence-electron chi connectivity index (χ2n) is 21.1. The van der Waals surface area contributed by atoms with Crippen LogP contribution in [0.4, 0.5) is 0 Å². The number of pyridine rings is 1. The average molecular weight is 847 g/mol. The van der Waals surface area contributed by atoms with Crippen LogP contribution in [0, 0.1) is 5.41 Å². The molecule has 0 saturated heterocycles. The molecule has 0 aliphatic carbocycles. The Morgan fingerprint density at radius 1 is 0.641 bits per heavy atom. The molecule has 6 aromatic carbocycles. The minimum Gasteiger partial charge on any atom is -0.392 e. The quantitative estimate of drug-likeness (QED) is 0.153. The van der Waals surface area contributed by atoms with Crippen molar-refractivity contribution < 1.29 is 23.5 Å². The number of rotatable bonds is 6. The monoisotopic (exact) mass is 847 g/mol. The number of imidazole rings is 1. The van der Waals surface area contributed by atoms with E-state index >= 15 is 0 Å². The van der Waals surface area contributed by atoms with Gasteiger partial charge in [0.25, 0.3) is 0 Å². The van der Waals surface area contributed by atoms with Crippen molar-refractivity contribution in [1.29, 1.82) is 0 Å². The van der Waals surface area contributed by atoms with E-state index in [4.69, 9.17) is 11.6 Å². The van der Waals surface area contributed by atoms with Crippen LogP contribution >= 0.6 is 0 Å². The van der Waals surface area contributed by atoms with Crippen LogP contribution in [-0.2, 0) is 16.7 Å². The molecule has 0 fully saturated rings. The van der Waals surface area contributed by atoms with Crippen LogP contribution in [0.1, 0.15) is 132 Å². The molecule has 5 heterocycles. The van der Waals surface area contributed by atoms with Gasteiger partial charge in [0.15, 0.2) is 23.0 Å². The molecule has 8 aromatic rings. The first-order valence-corrected chi connectivity index (χ1v) is 22.6. The predicted molar refractivity (Wildman–Crippen MR) is 263 cm³/mol. The molecular formula is C60H61N3O+2. The number of hydrogen-bond donors (Lipinski definition) is 0. The lowest BCUT2D eigenvalue weighted by molar-refractivity contribution is -0.997. The average Bonchev–Trinajstić information content (AvgIpc) is 3.80. The number of benzene rings is 6. The van der Waals surface area contributed by atoms with E-state index in [-0.39, 0.29) is 33.9 Å². The molecule has 1 atom stereocenters. The predicted octanol–water partition coefficient (Wildman–Crippen LogP) is 14.6. The summed E-state index contributed by atoms with van der Waals surface area (Å²) >= 11 is 0. The first-order valence-electron chi connectivity index (χ1n) is 26.1. The Morgan fingerprint density at radius 2 is 1.36 bits per heavy atom. The molecule has 1 unspecified atom stereocenters. The Hall–Kier alpha value is -6.26. The standard InChI is InChI=1S/C60H61N3O/c1-36(2)41-30-45(37(3)4)55-49(31-41)56-62(50-27-26-42(59(11,12)58(8,9)10)33-46(50)39-22-17-14-18-23-39)51-25-19-24-44-47-34-43(57(5,6)7)35-48-52-32-40(38-20-15-13-16-21-38)28-29-61(52)60(64-55,53(47)48)63(56)54(44)51/h13-37H,1-12H3/q+2/i13D,15D,16D,20D,21D,36D,37D. The maximum atomic E-state index is 9.83. The number of ether oxygens (including phenoxy) is 1. The van der Waals surface area contributed by atoms with Gasteiger partial charge in [-0.25, -0.2) is 0 Å². The van der Waals surface area contributed by atoms with E-state index in [9.17, 15) is 2.74 Å². The summed E-state index contributed by atoms with van der Waals surface area (Å²) in [5.74, 6) is -2.25. The van der Waals surface area contributed by atoms with Crippen LogP contribution in [0.5, 0.6) is 5.75 Å². The summed E-state index contributed by atoms with van der Waals surface area (Å²) in [6.45, 7) is 25.7. The molecule has 3 aliphatic rings. The number of fused-ring (bicyclic) bond motifs is 5. The summed E-state index contributed by atoms with van der Waals surface area (Å²) < 4.78 is 77.9. The fourth-order valence-corrected chi connectivity index (χ4v) is 10.2. The van der Waals surface area contributed by atoms with Gasteiger partial charge in [-0.1, -0.05) is 162 Å². The van der Waals surface area contributed by atoms with E-state index < -0.39 is 35.8 Å². The van der Waals surface area contributed by atoms with Crippen LogP contribution in [0.15, 0.2) is 140 Å². The highest BCUT2D eigenvalue weighted by Gasteiger charge is 2.69. The summed E-state index contributed by atoms with van der Waals surface area (Å²) in [6, 6.07) is 34.6. The van der Waals surface area contributed by atoms with Gasteiger partial charge in [-0.05, 0) is 109 Å². The van der Waals surface area contributed by atoms with Crippen molar-refractivity contribution in [1.82, 2.24) is 4.57 Å². The maximum Gasteiger partial charge on any atom is 0.499 e. The first-order chi connectivity index (χ1) is 33.1. The minimum atomic E-state index is -1.42. The Morgan fingerprint density at radius 3 is 2.05 bits per heavy atom. The molecule has 2 aromatic heterocycles. The Balaban J connectivity index is 1.36. The molecule has 4 heteroatoms. The van der Waals surface area contributed by atoms with E-state index in [1.807, 2.05) is 58.2 Å². The first kappa shape index (κ1) is 33.3. The van der Waals surface area contributed by atoms with Crippen molar-refractivity contribution in [2.75, 3.05) is 0 Å². The summed E-state index contributed by atoms with van der Waals surface area (Å²) in [7, 11) is 0. The van der Waals surface area contributed by atoms with E-state index in [1.54, 1.807) is 0 Å². The van der Waals surface area contributed by atoms with Gasteiger partial charge in [-0.15, -0.1) is 9.13 Å². The highest BCUT2D eigenvalue weighted by Crippen LogP contribution is 2.56. The fourth-order valence-electron chi connectivity index (χ4n) is 10.2. The lowest BCUT2D eigenvalue weighted by Crippen LogP contribution is -2.78. The third-order valence-electron chi connectivity index (χ3n) is 14.8. The van der Waals surface area contributed by atoms with Gasteiger partial charge in [0.05, 0.1) is 12.4 Å². The summed E-state index contributed by atoms with van der Waals surface area (Å²) in [6.07, 6.45) is 1.94. The lowest BCUT2D eigenvalue weighted by Gasteiger charge is -2.39. The van der Waals surface area contributed by atoms with Gasteiger partial charge in [-0.3, -0.25) is 0 Å². The Labute approximate surface area is 389 Å². The molecule has 3 aliphatic heterocycles. The zero-order chi connectivity index (χ0) is 51.0. The van der Waals surface area contributed by atoms with Crippen molar-refractivity contribution in [3.05, 3.63) is 167 Å². The second-order valence-corrected chi connectivity index (χ2v) is 21.1. The van der Waals surface area contributed by atoms with Crippen molar-refractivity contribution in [3.8, 4) is 67.5 Å². The van der Waals surface area contributed by atoms with Crippen molar-refractivity contribution in [3.63, 3.8) is 0 Å². The normalized spacial score (nSPS) is 17.8. The third kappa shape index (κ3) is 5.53. The van der Waals surface area contributed by atoms with Crippen LogP contribution in [-0.4, -0.2) is 4.57 Å². The summed E-state index contributed by atoms with van der Waals surface area (Å²) in [4.78, 5) is 0. The highest BCUT2D eigenvalue weighted by molar-refractivity contribution is 5.98. The number of aromatic nitrogens is 3. The molecule has 0 radical (unpaired) electrons. The van der Waals surface area contributed by atoms with Crippen LogP contribution in [0.3, 0.4) is 0 Å². The Kier molecular flexibility index (Phi) is 7.09. The summed E-state index contributed by atoms with van der Waals surface area (Å²) in [5.41, 5.74) is 14.1. The van der Waals surface area contributed by atoms with Crippen LogP contribution in [0.2, 0.25) is 0 Å². The van der Waals surface area contributed by atoms with E-state index in [0.717, 1.165) is 78.3 Å². The second kappa shape index (κ2) is 13.6. The van der Waals surface area contributed by atoms with Crippen molar-refractivity contribution in [2.24, 2.45) is 5.41 Å². The molecule has 0 N–H and O–H groups in total. The highest BCUT2D eigenvalue weighted by atomic mass is 16.5. The molecule has 0 amide bonds. The van der Waals surface area contributed by atoms with E-state index in [2.05, 4.69) is 148 Å². The van der Waals surface area contributed by atoms with E-state index in [1.165, 1.54) is 5.56 Å². The van der Waals surface area contributed by atoms with Crippen LogP contribution in [0.25, 0.3) is 72.7 Å². The van der Waals surface area contributed by atoms with Gasteiger partial charge < -0.3 is 4.74 Å². The van der Waals surface area contributed by atoms with Crippen LogP contribution < -0.4 is 13.9 Å². The smallest absolute Gasteiger partial charge is 0.392 e. The van der Waals surface area contributed by atoms with Gasteiger partial charge in [0.2, 0.25) is 5.69 Å². The van der Waals surface area contributed by atoms with E-state index in [0.29, 0.717) is 16.9 Å². The zero-order valence-corrected chi connectivity index (χ0v) is 39.1. The molecule has 64 heavy (non-hydrogen) atoms. The number of nitrogens with zero attached hydrogens (tertiary/aromatic N) is 3. The van der Waals surface area contributed by atoms with Gasteiger partial charge in [-0.2, -0.15) is 4.57 Å². The van der Waals surface area contributed by atoms with Gasteiger partial charge in [0.1, 0.15) is 16.8 Å². The SMILES string of the molecule is [2H]c1c([2H])c([2H])c(-c2cc[n+]3c(c2)-c2cc(C(C)(C)C)cc4c2C32Oc3c(cc(C([2H])(C)C)cc3C([2H])(C)C)-c3n(-c5ccc(C(C)(C)C(C)(C)C)cc5-c5ccccc5)c5cccc-4c5[n+]32)c([2H])c1[2H]. The molecule has 320 valence electrons. The largest absolute Gasteiger partial charge is 0.499 e. The molecule has 11 rings (SSSR count). The minimum absolute atomic E-state index is 0.0578. The molecule has 0 saturated carbocycles. The Bertz CT molecular complexity index is 3610. The maximum absolute atomic E-state index is 9.83. The fraction of sp³-hybridized carbons (Fsp3) is 0.300. The van der Waals surface area contributed by atoms with Gasteiger partial charge >= 0.3 is 11.7 Å². The molecule has 0 bridgehead atoms. The molecule has 1 spiro atoms. The number of para-hydroxylation sites is 1. The third-order valence-corrected chi connectivity index (χ3v) is 14.8. The topological polar surface area (TPSA) is 21.9 Å². The molecule has 4 nitrogen and oxygen atoms in total. The summed E-state index contributed by atoms with van der Waals surface area (Å²) in [5, 5.41) is 0. The zero-order valence-electron chi connectivity index (χ0n) is 46.1. The van der Waals surface area contributed by atoms with Crippen molar-refractivity contribution >= 4 is 11.0 Å². The molecular weight excluding hydrogens is 779 g/mol. The van der Waals surface area contributed by atoms with Crippen molar-refractivity contribution in [2.45, 2.75) is 112 Å². The number of hydrogen-bond acceptors (Lipinski definition) is 1.